The average molecular weight is 288 g/mol. The first-order chi connectivity index (χ1) is 10.1. The van der Waals surface area contributed by atoms with Crippen molar-refractivity contribution in [3.8, 4) is 0 Å². The third-order valence-corrected chi connectivity index (χ3v) is 3.03. The fraction of sp³-hybridized carbons (Fsp3) is 0.250. The molecule has 1 aromatic heterocycles. The van der Waals surface area contributed by atoms with Crippen LogP contribution in [-0.4, -0.2) is 17.6 Å². The van der Waals surface area contributed by atoms with Gasteiger partial charge in [-0.1, -0.05) is 18.2 Å². The fourth-order valence-electron chi connectivity index (χ4n) is 2.00. The van der Waals surface area contributed by atoms with Crippen molar-refractivity contribution < 1.29 is 13.9 Å². The summed E-state index contributed by atoms with van der Waals surface area (Å²) in [5.74, 6) is -0.369. The number of carbonyl (C=O) groups excluding carboxylic acids is 1. The third-order valence-electron chi connectivity index (χ3n) is 3.03. The van der Waals surface area contributed by atoms with E-state index in [-0.39, 0.29) is 18.5 Å². The molecular formula is C16H17FN2O2. The lowest BCUT2D eigenvalue weighted by molar-refractivity contribution is 0.0527. The monoisotopic (exact) mass is 288 g/mol. The van der Waals surface area contributed by atoms with E-state index in [1.807, 2.05) is 6.92 Å². The quantitative estimate of drug-likeness (QED) is 0.855. The molecule has 1 N–H and O–H groups in total. The van der Waals surface area contributed by atoms with Crippen LogP contribution in [0.25, 0.3) is 0 Å². The molecule has 0 saturated heterocycles. The summed E-state index contributed by atoms with van der Waals surface area (Å²) in [5.41, 5.74) is 0.848. The van der Waals surface area contributed by atoms with E-state index in [0.717, 1.165) is 0 Å². The number of ether oxygens (including phenoxy) is 1. The molecule has 0 amide bonds. The number of aromatic nitrogens is 1. The summed E-state index contributed by atoms with van der Waals surface area (Å²) >= 11 is 0. The van der Waals surface area contributed by atoms with Crippen LogP contribution in [0.3, 0.4) is 0 Å². The number of anilines is 1. The normalized spacial score (nSPS) is 11.8. The smallest absolute Gasteiger partial charge is 0.341 e. The van der Waals surface area contributed by atoms with Gasteiger partial charge in [0.25, 0.3) is 0 Å². The molecule has 0 bridgehead atoms. The highest BCUT2D eigenvalue weighted by molar-refractivity contribution is 5.94. The Morgan fingerprint density at radius 1 is 1.33 bits per heavy atom. The minimum atomic E-state index is -0.450. The number of pyridine rings is 1. The van der Waals surface area contributed by atoms with E-state index in [1.54, 1.807) is 43.5 Å². The number of carbonyl (C=O) groups is 1. The van der Waals surface area contributed by atoms with Crippen molar-refractivity contribution in [3.05, 3.63) is 59.5 Å². The zero-order chi connectivity index (χ0) is 15.2. The number of halogens is 1. The van der Waals surface area contributed by atoms with Gasteiger partial charge in [0.15, 0.2) is 0 Å². The molecule has 5 heteroatoms. The molecule has 0 aliphatic heterocycles. The Morgan fingerprint density at radius 3 is 2.81 bits per heavy atom. The number of nitrogens with zero attached hydrogens (tertiary/aromatic N) is 1. The van der Waals surface area contributed by atoms with E-state index < -0.39 is 5.97 Å². The van der Waals surface area contributed by atoms with Crippen molar-refractivity contribution in [2.24, 2.45) is 0 Å². The summed E-state index contributed by atoms with van der Waals surface area (Å²) in [5, 5.41) is 3.05. The molecule has 0 radical (unpaired) electrons. The zero-order valence-corrected chi connectivity index (χ0v) is 12.0. The second-order valence-electron chi connectivity index (χ2n) is 4.51. The molecule has 0 spiro atoms. The highest BCUT2D eigenvalue weighted by Gasteiger charge is 2.17. The van der Waals surface area contributed by atoms with Crippen LogP contribution in [0.5, 0.6) is 0 Å². The molecule has 1 heterocycles. The van der Waals surface area contributed by atoms with Gasteiger partial charge in [0.2, 0.25) is 0 Å². The van der Waals surface area contributed by atoms with Crippen LogP contribution < -0.4 is 5.32 Å². The summed E-state index contributed by atoms with van der Waals surface area (Å²) in [4.78, 5) is 16.0. The first kappa shape index (κ1) is 15.0. The Labute approximate surface area is 123 Å². The van der Waals surface area contributed by atoms with E-state index in [9.17, 15) is 9.18 Å². The summed E-state index contributed by atoms with van der Waals surface area (Å²) in [6.07, 6.45) is 1.57. The van der Waals surface area contributed by atoms with Crippen LogP contribution in [0.15, 0.2) is 42.6 Å². The Morgan fingerprint density at radius 2 is 2.10 bits per heavy atom. The van der Waals surface area contributed by atoms with E-state index in [0.29, 0.717) is 16.9 Å². The van der Waals surface area contributed by atoms with Crippen LogP contribution in [0.4, 0.5) is 10.2 Å². The Balaban J connectivity index is 2.24. The highest BCUT2D eigenvalue weighted by atomic mass is 19.1. The van der Waals surface area contributed by atoms with E-state index in [2.05, 4.69) is 10.3 Å². The molecule has 1 unspecified atom stereocenters. The van der Waals surface area contributed by atoms with Gasteiger partial charge in [-0.15, -0.1) is 0 Å². The number of esters is 1. The van der Waals surface area contributed by atoms with Gasteiger partial charge in [-0.3, -0.25) is 0 Å². The van der Waals surface area contributed by atoms with Gasteiger partial charge in [-0.05, 0) is 32.0 Å². The van der Waals surface area contributed by atoms with E-state index >= 15 is 0 Å². The molecule has 0 saturated carbocycles. The zero-order valence-electron chi connectivity index (χ0n) is 12.0. The molecule has 1 aromatic carbocycles. The molecule has 2 aromatic rings. The maximum atomic E-state index is 13.8. The number of nitrogens with one attached hydrogen (secondary N) is 1. The van der Waals surface area contributed by atoms with Crippen molar-refractivity contribution in [2.75, 3.05) is 11.9 Å². The molecule has 0 fully saturated rings. The van der Waals surface area contributed by atoms with Crippen LogP contribution >= 0.6 is 0 Å². The van der Waals surface area contributed by atoms with Crippen molar-refractivity contribution in [3.63, 3.8) is 0 Å². The summed E-state index contributed by atoms with van der Waals surface area (Å²) in [7, 11) is 0. The predicted octanol–water partition coefficient (Wildman–Crippen LogP) is 3.57. The van der Waals surface area contributed by atoms with Crippen molar-refractivity contribution in [1.29, 1.82) is 0 Å². The predicted molar refractivity (Wildman–Crippen MR) is 78.6 cm³/mol. The number of rotatable bonds is 5. The van der Waals surface area contributed by atoms with Crippen LogP contribution in [0.2, 0.25) is 0 Å². The van der Waals surface area contributed by atoms with Crippen LogP contribution in [0, 0.1) is 5.82 Å². The molecule has 2 rings (SSSR count). The van der Waals surface area contributed by atoms with Gasteiger partial charge >= 0.3 is 5.97 Å². The Bertz CT molecular complexity index is 631. The van der Waals surface area contributed by atoms with Crippen molar-refractivity contribution >= 4 is 11.8 Å². The third kappa shape index (κ3) is 3.56. The highest BCUT2D eigenvalue weighted by Crippen LogP contribution is 2.22. The standard InChI is InChI=1S/C16H17FN2O2/c1-3-21-16(20)13-8-6-10-18-15(13)19-11(2)12-7-4-5-9-14(12)17/h4-11H,3H2,1-2H3,(H,18,19). The van der Waals surface area contributed by atoms with Gasteiger partial charge in [0, 0.05) is 11.8 Å². The van der Waals surface area contributed by atoms with Gasteiger partial charge in [-0.25, -0.2) is 14.2 Å². The lowest BCUT2D eigenvalue weighted by atomic mass is 10.1. The molecule has 0 aliphatic carbocycles. The SMILES string of the molecule is CCOC(=O)c1cccnc1NC(C)c1ccccc1F. The topological polar surface area (TPSA) is 51.2 Å². The second kappa shape index (κ2) is 6.83. The van der Waals surface area contributed by atoms with Crippen molar-refractivity contribution in [2.45, 2.75) is 19.9 Å². The van der Waals surface area contributed by atoms with Gasteiger partial charge in [0.1, 0.15) is 17.2 Å². The molecule has 1 atom stereocenters. The van der Waals surface area contributed by atoms with Crippen molar-refractivity contribution in [1.82, 2.24) is 4.98 Å². The number of hydrogen-bond acceptors (Lipinski definition) is 4. The minimum Gasteiger partial charge on any atom is -0.462 e. The molecule has 0 aliphatic rings. The summed E-state index contributed by atoms with van der Waals surface area (Å²) in [6, 6.07) is 9.46. The first-order valence-electron chi connectivity index (χ1n) is 6.76. The Hall–Kier alpha value is -2.43. The number of hydrogen-bond donors (Lipinski definition) is 1. The van der Waals surface area contributed by atoms with Gasteiger partial charge in [0.05, 0.1) is 12.6 Å². The maximum absolute atomic E-state index is 13.8. The van der Waals surface area contributed by atoms with E-state index in [1.165, 1.54) is 6.07 Å². The molecule has 4 nitrogen and oxygen atoms in total. The summed E-state index contributed by atoms with van der Waals surface area (Å²) in [6.45, 7) is 3.83. The lowest BCUT2D eigenvalue weighted by Crippen LogP contribution is -2.14. The Kier molecular flexibility index (Phi) is 4.87. The average Bonchev–Trinajstić information content (AvgIpc) is 2.48. The largest absolute Gasteiger partial charge is 0.462 e. The van der Waals surface area contributed by atoms with Gasteiger partial charge < -0.3 is 10.1 Å². The fourth-order valence-corrected chi connectivity index (χ4v) is 2.00. The summed E-state index contributed by atoms with van der Waals surface area (Å²) < 4.78 is 18.8. The molecule has 110 valence electrons. The van der Waals surface area contributed by atoms with Gasteiger partial charge in [-0.2, -0.15) is 0 Å². The molecule has 21 heavy (non-hydrogen) atoms. The van der Waals surface area contributed by atoms with Crippen LogP contribution in [0.1, 0.15) is 35.8 Å². The molecular weight excluding hydrogens is 271 g/mol. The second-order valence-corrected chi connectivity index (χ2v) is 4.51. The minimum absolute atomic E-state index is 0.288. The lowest BCUT2D eigenvalue weighted by Gasteiger charge is -2.17. The van der Waals surface area contributed by atoms with E-state index in [4.69, 9.17) is 4.74 Å². The first-order valence-corrected chi connectivity index (χ1v) is 6.76. The number of benzene rings is 1. The van der Waals surface area contributed by atoms with Crippen LogP contribution in [-0.2, 0) is 4.74 Å². The maximum Gasteiger partial charge on any atom is 0.341 e.